The molecule has 0 saturated carbocycles. The quantitative estimate of drug-likeness (QED) is 0.284. The number of ketones is 1. The van der Waals surface area contributed by atoms with Gasteiger partial charge in [-0.1, -0.05) is 12.1 Å². The minimum absolute atomic E-state index is 0.0602. The molecule has 7 nitrogen and oxygen atoms in total. The first kappa shape index (κ1) is 22.9. The van der Waals surface area contributed by atoms with Crippen LogP contribution in [-0.2, 0) is 20.7 Å². The Balaban J connectivity index is 1.80. The first-order chi connectivity index (χ1) is 15.9. The van der Waals surface area contributed by atoms with Crippen molar-refractivity contribution in [1.82, 2.24) is 4.90 Å². The van der Waals surface area contributed by atoms with Crippen molar-refractivity contribution >= 4 is 17.4 Å². The number of aliphatic hydroxyl groups excluding tert-OH is 1. The normalized spacial score (nSPS) is 21.2. The molecular weight excluding hydrogens is 422 g/mol. The van der Waals surface area contributed by atoms with Crippen molar-refractivity contribution < 1.29 is 28.9 Å². The van der Waals surface area contributed by atoms with Gasteiger partial charge in [0.2, 0.25) is 0 Å². The van der Waals surface area contributed by atoms with Crippen LogP contribution >= 0.6 is 0 Å². The fourth-order valence-electron chi connectivity index (χ4n) is 4.50. The molecule has 33 heavy (non-hydrogen) atoms. The molecule has 0 aromatic heterocycles. The molecule has 2 heterocycles. The second-order valence-corrected chi connectivity index (χ2v) is 8.30. The third-order valence-corrected chi connectivity index (χ3v) is 5.94. The average molecular weight is 452 g/mol. The topological polar surface area (TPSA) is 85.3 Å². The number of hydrogen-bond donors (Lipinski definition) is 1. The molecule has 2 atom stereocenters. The van der Waals surface area contributed by atoms with Gasteiger partial charge in [0.25, 0.3) is 11.7 Å². The van der Waals surface area contributed by atoms with Crippen LogP contribution in [0.1, 0.15) is 43.0 Å². The number of aliphatic hydroxyl groups is 1. The average Bonchev–Trinajstić information content (AvgIpc) is 3.30. The SMILES string of the molecule is CCOc1cccc(C2C(=C(O)c3ccc4c(c3)CC(C)O4)C(=O)C(=O)N2CCCOC)c1. The molecule has 174 valence electrons. The first-order valence-electron chi connectivity index (χ1n) is 11.2. The number of carbonyl (C=O) groups is 2. The van der Waals surface area contributed by atoms with Crippen LogP contribution in [0.4, 0.5) is 0 Å². The zero-order valence-electron chi connectivity index (χ0n) is 19.2. The van der Waals surface area contributed by atoms with Gasteiger partial charge in [0.05, 0.1) is 18.2 Å². The van der Waals surface area contributed by atoms with Crippen molar-refractivity contribution in [2.24, 2.45) is 0 Å². The van der Waals surface area contributed by atoms with Gasteiger partial charge in [0.1, 0.15) is 23.4 Å². The lowest BCUT2D eigenvalue weighted by atomic mass is 9.94. The van der Waals surface area contributed by atoms with Gasteiger partial charge in [-0.25, -0.2) is 0 Å². The monoisotopic (exact) mass is 451 g/mol. The third kappa shape index (κ3) is 4.46. The zero-order valence-corrected chi connectivity index (χ0v) is 19.2. The predicted octanol–water partition coefficient (Wildman–Crippen LogP) is 3.87. The molecule has 7 heteroatoms. The third-order valence-electron chi connectivity index (χ3n) is 5.94. The molecule has 1 fully saturated rings. The van der Waals surface area contributed by atoms with Crippen LogP contribution in [0.15, 0.2) is 48.0 Å². The Morgan fingerprint density at radius 1 is 1.21 bits per heavy atom. The second-order valence-electron chi connectivity index (χ2n) is 8.30. The van der Waals surface area contributed by atoms with E-state index in [4.69, 9.17) is 14.2 Å². The summed E-state index contributed by atoms with van der Waals surface area (Å²) in [5, 5.41) is 11.3. The van der Waals surface area contributed by atoms with Crippen molar-refractivity contribution in [2.75, 3.05) is 26.9 Å². The number of carbonyl (C=O) groups excluding carboxylic acids is 2. The number of methoxy groups -OCH3 is 1. The lowest BCUT2D eigenvalue weighted by Crippen LogP contribution is -2.31. The highest BCUT2D eigenvalue weighted by Crippen LogP contribution is 2.41. The van der Waals surface area contributed by atoms with E-state index < -0.39 is 17.7 Å². The Labute approximate surface area is 193 Å². The van der Waals surface area contributed by atoms with E-state index in [-0.39, 0.29) is 17.4 Å². The highest BCUT2D eigenvalue weighted by atomic mass is 16.5. The van der Waals surface area contributed by atoms with Crippen LogP contribution in [0.5, 0.6) is 11.5 Å². The van der Waals surface area contributed by atoms with Crippen molar-refractivity contribution in [2.45, 2.75) is 38.8 Å². The summed E-state index contributed by atoms with van der Waals surface area (Å²) < 4.78 is 16.5. The summed E-state index contributed by atoms with van der Waals surface area (Å²) in [6, 6.07) is 11.9. The van der Waals surface area contributed by atoms with Crippen LogP contribution in [0.3, 0.4) is 0 Å². The number of rotatable bonds is 8. The molecule has 0 aliphatic carbocycles. The number of benzene rings is 2. The van der Waals surface area contributed by atoms with E-state index in [2.05, 4.69) is 0 Å². The summed E-state index contributed by atoms with van der Waals surface area (Å²) in [4.78, 5) is 27.7. The first-order valence-corrected chi connectivity index (χ1v) is 11.2. The van der Waals surface area contributed by atoms with Crippen molar-refractivity contribution in [3.63, 3.8) is 0 Å². The van der Waals surface area contributed by atoms with Crippen molar-refractivity contribution in [3.8, 4) is 11.5 Å². The van der Waals surface area contributed by atoms with Crippen LogP contribution in [0, 0.1) is 0 Å². The number of hydrogen-bond acceptors (Lipinski definition) is 6. The second kappa shape index (κ2) is 9.67. The van der Waals surface area contributed by atoms with Gasteiger partial charge >= 0.3 is 0 Å². The van der Waals surface area contributed by atoms with E-state index in [0.717, 1.165) is 17.7 Å². The van der Waals surface area contributed by atoms with Crippen molar-refractivity contribution in [1.29, 1.82) is 0 Å². The Morgan fingerprint density at radius 3 is 2.79 bits per heavy atom. The minimum atomic E-state index is -0.717. The van der Waals surface area contributed by atoms with Gasteiger partial charge in [-0.05, 0) is 61.7 Å². The highest BCUT2D eigenvalue weighted by molar-refractivity contribution is 6.46. The van der Waals surface area contributed by atoms with E-state index in [9.17, 15) is 14.7 Å². The molecule has 2 aromatic rings. The molecule has 2 aromatic carbocycles. The molecule has 2 aliphatic rings. The number of likely N-dealkylation sites (tertiary alicyclic amines) is 1. The van der Waals surface area contributed by atoms with E-state index in [0.29, 0.717) is 43.1 Å². The summed E-state index contributed by atoms with van der Waals surface area (Å²) in [5.41, 5.74) is 2.25. The van der Waals surface area contributed by atoms with Crippen LogP contribution in [-0.4, -0.2) is 54.7 Å². The molecule has 2 unspecified atom stereocenters. The molecule has 4 rings (SSSR count). The number of ether oxygens (including phenoxy) is 3. The lowest BCUT2D eigenvalue weighted by Gasteiger charge is -2.25. The summed E-state index contributed by atoms with van der Waals surface area (Å²) >= 11 is 0. The molecule has 1 amide bonds. The zero-order chi connectivity index (χ0) is 23.5. The summed E-state index contributed by atoms with van der Waals surface area (Å²) in [5.74, 6) is -0.0858. The van der Waals surface area contributed by atoms with Gasteiger partial charge in [0, 0.05) is 32.2 Å². The van der Waals surface area contributed by atoms with E-state index in [1.54, 1.807) is 19.2 Å². The number of amides is 1. The van der Waals surface area contributed by atoms with Crippen molar-refractivity contribution in [3.05, 3.63) is 64.7 Å². The molecule has 0 radical (unpaired) electrons. The fraction of sp³-hybridized carbons (Fsp3) is 0.385. The standard InChI is InChI=1S/C26H29NO6/c1-4-32-20-8-5-7-17(15-20)23-22(25(29)26(30)27(23)11-6-12-31-3)24(28)18-9-10-21-19(14-18)13-16(2)33-21/h5,7-10,14-16,23,28H,4,6,11-13H2,1-3H3. The summed E-state index contributed by atoms with van der Waals surface area (Å²) in [6.45, 7) is 5.15. The van der Waals surface area contributed by atoms with Crippen LogP contribution < -0.4 is 9.47 Å². The smallest absolute Gasteiger partial charge is 0.295 e. The molecule has 0 bridgehead atoms. The number of Topliss-reactive ketones (excluding diaryl/α,β-unsaturated/α-hetero) is 1. The Kier molecular flexibility index (Phi) is 6.70. The Bertz CT molecular complexity index is 1090. The maximum atomic E-state index is 13.1. The summed E-state index contributed by atoms with van der Waals surface area (Å²) in [7, 11) is 1.59. The molecule has 2 aliphatic heterocycles. The van der Waals surface area contributed by atoms with Gasteiger partial charge in [0.15, 0.2) is 0 Å². The largest absolute Gasteiger partial charge is 0.507 e. The maximum absolute atomic E-state index is 13.1. The van der Waals surface area contributed by atoms with Gasteiger partial charge in [-0.2, -0.15) is 0 Å². The van der Waals surface area contributed by atoms with Gasteiger partial charge < -0.3 is 24.2 Å². The van der Waals surface area contributed by atoms with E-state index in [1.807, 2.05) is 44.2 Å². The molecule has 0 spiro atoms. The maximum Gasteiger partial charge on any atom is 0.295 e. The number of nitrogens with zero attached hydrogens (tertiary/aromatic N) is 1. The number of fused-ring (bicyclic) bond motifs is 1. The molecular formula is C26H29NO6. The minimum Gasteiger partial charge on any atom is -0.507 e. The molecule has 1 saturated heterocycles. The molecule has 1 N–H and O–H groups in total. The van der Waals surface area contributed by atoms with Crippen LogP contribution in [0.2, 0.25) is 0 Å². The predicted molar refractivity (Wildman–Crippen MR) is 123 cm³/mol. The highest BCUT2D eigenvalue weighted by Gasteiger charge is 2.46. The van der Waals surface area contributed by atoms with E-state index in [1.165, 1.54) is 4.90 Å². The van der Waals surface area contributed by atoms with Crippen LogP contribution in [0.25, 0.3) is 5.76 Å². The summed E-state index contributed by atoms with van der Waals surface area (Å²) in [6.07, 6.45) is 1.35. The lowest BCUT2D eigenvalue weighted by molar-refractivity contribution is -0.140. The Morgan fingerprint density at radius 2 is 2.03 bits per heavy atom. The fourth-order valence-corrected chi connectivity index (χ4v) is 4.50. The van der Waals surface area contributed by atoms with Gasteiger partial charge in [-0.15, -0.1) is 0 Å². The Hall–Kier alpha value is -3.32. The van der Waals surface area contributed by atoms with E-state index >= 15 is 0 Å². The van der Waals surface area contributed by atoms with Gasteiger partial charge in [-0.3, -0.25) is 9.59 Å².